The second-order valence-electron chi connectivity index (χ2n) is 10.3. The highest BCUT2D eigenvalue weighted by atomic mass is 16.6. The number of alkyl carbamates (subject to hydrolysis) is 1. The van der Waals surface area contributed by atoms with Crippen LogP contribution in [-0.2, 0) is 11.8 Å². The molecule has 2 aromatic heterocycles. The fourth-order valence-electron chi connectivity index (χ4n) is 4.32. The van der Waals surface area contributed by atoms with Crippen LogP contribution in [0.15, 0.2) is 49.1 Å². The van der Waals surface area contributed by atoms with Gasteiger partial charge in [-0.3, -0.25) is 24.7 Å². The number of nitrogens with zero attached hydrogens (tertiary/aromatic N) is 6. The Labute approximate surface area is 225 Å². The van der Waals surface area contributed by atoms with E-state index in [1.54, 1.807) is 44.9 Å². The van der Waals surface area contributed by atoms with Crippen LogP contribution in [-0.4, -0.2) is 54.5 Å². The van der Waals surface area contributed by atoms with Crippen LogP contribution in [0.25, 0.3) is 11.3 Å². The molecule has 4 rings (SSSR count). The van der Waals surface area contributed by atoms with E-state index < -0.39 is 22.7 Å². The number of carbonyl (C=O) groups excluding carboxylic acids is 2. The molecular weight excluding hydrogens is 506 g/mol. The van der Waals surface area contributed by atoms with Crippen molar-refractivity contribution in [1.29, 1.82) is 0 Å². The van der Waals surface area contributed by atoms with Crippen molar-refractivity contribution in [2.45, 2.75) is 64.1 Å². The number of anilines is 1. The Morgan fingerprint density at radius 3 is 2.31 bits per heavy atom. The van der Waals surface area contributed by atoms with Crippen LogP contribution >= 0.6 is 0 Å². The molecule has 0 unspecified atom stereocenters. The van der Waals surface area contributed by atoms with Crippen molar-refractivity contribution < 1.29 is 24.0 Å². The van der Waals surface area contributed by atoms with E-state index in [9.17, 15) is 19.7 Å². The Bertz CT molecular complexity index is 1310. The Kier molecular flexibility index (Phi) is 8.07. The van der Waals surface area contributed by atoms with E-state index in [0.717, 1.165) is 5.56 Å². The first-order valence-corrected chi connectivity index (χ1v) is 12.5. The number of benzene rings is 1. The summed E-state index contributed by atoms with van der Waals surface area (Å²) < 4.78 is 12.6. The number of ether oxygens (including phenoxy) is 2. The number of carbonyl (C=O) groups is 2. The van der Waals surface area contributed by atoms with Gasteiger partial charge in [0.1, 0.15) is 11.4 Å². The van der Waals surface area contributed by atoms with E-state index in [1.165, 1.54) is 35.4 Å². The van der Waals surface area contributed by atoms with E-state index >= 15 is 0 Å². The summed E-state index contributed by atoms with van der Waals surface area (Å²) in [6.45, 7) is 5.41. The molecule has 206 valence electrons. The predicted molar refractivity (Wildman–Crippen MR) is 141 cm³/mol. The maximum atomic E-state index is 13.4. The summed E-state index contributed by atoms with van der Waals surface area (Å²) in [5.41, 5.74) is 0.672. The minimum Gasteiger partial charge on any atom is -0.444 e. The van der Waals surface area contributed by atoms with Crippen LogP contribution < -0.4 is 15.0 Å². The van der Waals surface area contributed by atoms with Gasteiger partial charge in [0.25, 0.3) is 5.69 Å². The zero-order chi connectivity index (χ0) is 28.2. The lowest BCUT2D eigenvalue weighted by Crippen LogP contribution is -2.48. The van der Waals surface area contributed by atoms with Crippen molar-refractivity contribution in [3.63, 3.8) is 0 Å². The number of non-ortho nitro benzene ring substituents is 1. The fraction of sp³-hybridized carbons (Fsp3) is 0.423. The summed E-state index contributed by atoms with van der Waals surface area (Å²) in [4.78, 5) is 46.5. The lowest BCUT2D eigenvalue weighted by atomic mass is 9.90. The number of amides is 2. The molecule has 39 heavy (non-hydrogen) atoms. The molecule has 2 amide bonds. The lowest BCUT2D eigenvalue weighted by molar-refractivity contribution is -0.384. The summed E-state index contributed by atoms with van der Waals surface area (Å²) in [5.74, 6) is 0.467. The molecule has 1 aliphatic rings. The zero-order valence-corrected chi connectivity index (χ0v) is 22.2. The number of nitro groups is 1. The first-order valence-electron chi connectivity index (χ1n) is 12.5. The minimum absolute atomic E-state index is 0.0947. The minimum atomic E-state index is -0.684. The van der Waals surface area contributed by atoms with Crippen molar-refractivity contribution in [3.8, 4) is 17.0 Å². The van der Waals surface area contributed by atoms with E-state index in [4.69, 9.17) is 9.47 Å². The van der Waals surface area contributed by atoms with Crippen LogP contribution in [0.2, 0.25) is 0 Å². The van der Waals surface area contributed by atoms with E-state index in [0.29, 0.717) is 37.2 Å². The van der Waals surface area contributed by atoms with E-state index in [1.807, 2.05) is 6.20 Å². The van der Waals surface area contributed by atoms with Gasteiger partial charge >= 0.3 is 12.2 Å². The zero-order valence-electron chi connectivity index (χ0n) is 22.2. The van der Waals surface area contributed by atoms with Gasteiger partial charge in [0.15, 0.2) is 5.82 Å². The first kappa shape index (κ1) is 27.5. The van der Waals surface area contributed by atoms with Crippen LogP contribution in [0.4, 0.5) is 21.1 Å². The van der Waals surface area contributed by atoms with Crippen LogP contribution in [0.5, 0.6) is 5.75 Å². The predicted octanol–water partition coefficient (Wildman–Crippen LogP) is 4.63. The van der Waals surface area contributed by atoms with Gasteiger partial charge < -0.3 is 14.8 Å². The van der Waals surface area contributed by atoms with Gasteiger partial charge in [0.2, 0.25) is 0 Å². The molecule has 1 fully saturated rings. The number of aryl methyl sites for hydroxylation is 1. The molecule has 1 saturated carbocycles. The molecule has 0 saturated heterocycles. The van der Waals surface area contributed by atoms with Gasteiger partial charge in [-0.1, -0.05) is 0 Å². The van der Waals surface area contributed by atoms with Crippen molar-refractivity contribution in [3.05, 3.63) is 59.2 Å². The van der Waals surface area contributed by atoms with Gasteiger partial charge in [-0.25, -0.2) is 14.6 Å². The van der Waals surface area contributed by atoms with Gasteiger partial charge in [-0.05, 0) is 58.6 Å². The van der Waals surface area contributed by atoms with Crippen LogP contribution in [0.3, 0.4) is 0 Å². The number of nitrogens with one attached hydrogen (secondary N) is 1. The average Bonchev–Trinajstić information content (AvgIpc) is 3.31. The molecule has 0 bridgehead atoms. The molecule has 13 nitrogen and oxygen atoms in total. The Morgan fingerprint density at radius 2 is 1.77 bits per heavy atom. The van der Waals surface area contributed by atoms with Crippen molar-refractivity contribution >= 4 is 23.7 Å². The highest BCUT2D eigenvalue weighted by Crippen LogP contribution is 2.29. The molecule has 1 N–H and O–H groups in total. The number of nitro benzene ring substituents is 1. The van der Waals surface area contributed by atoms with Gasteiger partial charge in [-0.15, -0.1) is 0 Å². The largest absolute Gasteiger partial charge is 0.444 e. The first-order chi connectivity index (χ1) is 18.5. The maximum absolute atomic E-state index is 13.4. The third-order valence-electron chi connectivity index (χ3n) is 6.12. The summed E-state index contributed by atoms with van der Waals surface area (Å²) in [6.07, 6.45) is 7.77. The Hall–Kier alpha value is -4.55. The Morgan fingerprint density at radius 1 is 1.08 bits per heavy atom. The SMILES string of the molecule is Cn1cc(-c2cnc(N(C(=O)Oc3ccc([N+](=O)[O-])cc3)C3CCC(NC(=O)OC(C)(C)C)CC3)cn2)cn1. The third kappa shape index (κ3) is 7.27. The molecule has 0 radical (unpaired) electrons. The second kappa shape index (κ2) is 11.5. The molecule has 13 heteroatoms. The van der Waals surface area contributed by atoms with Gasteiger partial charge in [-0.2, -0.15) is 5.10 Å². The molecule has 0 aliphatic heterocycles. The fourth-order valence-corrected chi connectivity index (χ4v) is 4.32. The smallest absolute Gasteiger partial charge is 0.421 e. The number of hydrogen-bond acceptors (Lipinski definition) is 9. The van der Waals surface area contributed by atoms with E-state index in [-0.39, 0.29) is 23.5 Å². The summed E-state index contributed by atoms with van der Waals surface area (Å²) >= 11 is 0. The molecule has 1 aromatic carbocycles. The third-order valence-corrected chi connectivity index (χ3v) is 6.12. The van der Waals surface area contributed by atoms with E-state index in [2.05, 4.69) is 20.4 Å². The molecule has 1 aliphatic carbocycles. The standard InChI is InChI=1S/C26H31N7O6/c1-26(2,3)39-24(34)30-18-5-7-19(8-6-18)32(25(35)38-21-11-9-20(10-12-21)33(36)37)23-15-27-22(14-28-23)17-13-29-31(4)16-17/h9-16,18-19H,5-8H2,1-4H3,(H,30,34). The topological polar surface area (TPSA) is 155 Å². The molecule has 0 atom stereocenters. The highest BCUT2D eigenvalue weighted by Gasteiger charge is 2.33. The van der Waals surface area contributed by atoms with Crippen molar-refractivity contribution in [1.82, 2.24) is 25.1 Å². The average molecular weight is 538 g/mol. The molecule has 0 spiro atoms. The summed E-state index contributed by atoms with van der Waals surface area (Å²) in [5, 5.41) is 18.0. The molecular formula is C26H31N7O6. The van der Waals surface area contributed by atoms with Crippen LogP contribution in [0.1, 0.15) is 46.5 Å². The maximum Gasteiger partial charge on any atom is 0.421 e. The van der Waals surface area contributed by atoms with Crippen LogP contribution in [0, 0.1) is 10.1 Å². The molecule has 3 aromatic rings. The highest BCUT2D eigenvalue weighted by molar-refractivity contribution is 5.88. The molecule has 2 heterocycles. The normalized spacial score (nSPS) is 17.2. The lowest BCUT2D eigenvalue weighted by Gasteiger charge is -2.35. The quantitative estimate of drug-likeness (QED) is 0.350. The van der Waals surface area contributed by atoms with Gasteiger partial charge in [0, 0.05) is 43.0 Å². The number of aromatic nitrogens is 4. The summed E-state index contributed by atoms with van der Waals surface area (Å²) in [7, 11) is 1.80. The second-order valence-corrected chi connectivity index (χ2v) is 10.3. The van der Waals surface area contributed by atoms with Crippen molar-refractivity contribution in [2.24, 2.45) is 7.05 Å². The van der Waals surface area contributed by atoms with Crippen molar-refractivity contribution in [2.75, 3.05) is 4.90 Å². The number of rotatable bonds is 6. The Balaban J connectivity index is 1.51. The summed E-state index contributed by atoms with van der Waals surface area (Å²) in [6, 6.07) is 4.90. The number of hydrogen-bond donors (Lipinski definition) is 1. The van der Waals surface area contributed by atoms with Gasteiger partial charge in [0.05, 0.1) is 29.2 Å². The monoisotopic (exact) mass is 537 g/mol.